The molecule has 2 aromatic rings. The summed E-state index contributed by atoms with van der Waals surface area (Å²) in [7, 11) is -2.59. The first kappa shape index (κ1) is 21.4. The van der Waals surface area contributed by atoms with E-state index >= 15 is 0 Å². The summed E-state index contributed by atoms with van der Waals surface area (Å²) in [5.41, 5.74) is 0.710. The number of hydrogen-bond acceptors (Lipinski definition) is 3. The van der Waals surface area contributed by atoms with Crippen molar-refractivity contribution in [1.82, 2.24) is 9.62 Å². The first-order valence-electron chi connectivity index (χ1n) is 9.48. The van der Waals surface area contributed by atoms with E-state index in [4.69, 9.17) is 0 Å². The predicted molar refractivity (Wildman–Crippen MR) is 106 cm³/mol. The molecule has 8 heteroatoms. The molecular formula is C21H24F2N2O3S. The zero-order valence-corrected chi connectivity index (χ0v) is 17.0. The maximum Gasteiger partial charge on any atom is 0.243 e. The van der Waals surface area contributed by atoms with Crippen molar-refractivity contribution in [3.05, 3.63) is 65.7 Å². The van der Waals surface area contributed by atoms with Gasteiger partial charge in [-0.1, -0.05) is 25.0 Å². The fourth-order valence-electron chi connectivity index (χ4n) is 3.82. The smallest absolute Gasteiger partial charge is 0.243 e. The Labute approximate surface area is 169 Å². The molecule has 5 nitrogen and oxygen atoms in total. The minimum Gasteiger partial charge on any atom is -0.354 e. The van der Waals surface area contributed by atoms with E-state index in [0.717, 1.165) is 47.7 Å². The SMILES string of the molecule is CN(CC(=O)NCC1(c2ccc(F)cc2)CCCC1)S(=O)(=O)c1ccc(F)cc1. The number of sulfonamides is 1. The lowest BCUT2D eigenvalue weighted by Crippen LogP contribution is -2.44. The molecule has 3 rings (SSSR count). The molecule has 2 aromatic carbocycles. The van der Waals surface area contributed by atoms with Crippen LogP contribution in [0.25, 0.3) is 0 Å². The first-order chi connectivity index (χ1) is 13.7. The highest BCUT2D eigenvalue weighted by Crippen LogP contribution is 2.40. The predicted octanol–water partition coefficient (Wildman–Crippen LogP) is 3.21. The van der Waals surface area contributed by atoms with E-state index in [1.54, 1.807) is 12.1 Å². The van der Waals surface area contributed by atoms with Crippen LogP contribution >= 0.6 is 0 Å². The highest BCUT2D eigenvalue weighted by molar-refractivity contribution is 7.89. The van der Waals surface area contributed by atoms with Crippen molar-refractivity contribution in [3.8, 4) is 0 Å². The largest absolute Gasteiger partial charge is 0.354 e. The van der Waals surface area contributed by atoms with Gasteiger partial charge in [-0.15, -0.1) is 0 Å². The Morgan fingerprint density at radius 3 is 2.07 bits per heavy atom. The molecule has 0 saturated heterocycles. The van der Waals surface area contributed by atoms with Crippen LogP contribution in [-0.2, 0) is 20.2 Å². The summed E-state index contributed by atoms with van der Waals surface area (Å²) in [4.78, 5) is 12.4. The van der Waals surface area contributed by atoms with Gasteiger partial charge in [0.1, 0.15) is 11.6 Å². The summed E-state index contributed by atoms with van der Waals surface area (Å²) in [6.07, 6.45) is 3.80. The topological polar surface area (TPSA) is 66.5 Å². The van der Waals surface area contributed by atoms with Crippen molar-refractivity contribution in [3.63, 3.8) is 0 Å². The van der Waals surface area contributed by atoms with Gasteiger partial charge in [0.15, 0.2) is 0 Å². The molecule has 0 heterocycles. The lowest BCUT2D eigenvalue weighted by atomic mass is 9.79. The Balaban J connectivity index is 1.65. The van der Waals surface area contributed by atoms with Gasteiger partial charge in [0, 0.05) is 19.0 Å². The molecule has 0 radical (unpaired) electrons. The minimum atomic E-state index is -3.90. The zero-order chi connectivity index (χ0) is 21.1. The lowest BCUT2D eigenvalue weighted by molar-refractivity contribution is -0.121. The second-order valence-corrected chi connectivity index (χ2v) is 9.53. The molecule has 29 heavy (non-hydrogen) atoms. The molecule has 0 atom stereocenters. The molecule has 0 spiro atoms. The Morgan fingerprint density at radius 2 is 1.52 bits per heavy atom. The molecule has 0 bridgehead atoms. The van der Waals surface area contributed by atoms with Gasteiger partial charge in [0.05, 0.1) is 11.4 Å². The summed E-state index contributed by atoms with van der Waals surface area (Å²) >= 11 is 0. The Morgan fingerprint density at radius 1 is 1.00 bits per heavy atom. The van der Waals surface area contributed by atoms with Gasteiger partial charge in [-0.3, -0.25) is 4.79 Å². The van der Waals surface area contributed by atoms with Crippen LogP contribution in [0.2, 0.25) is 0 Å². The Bertz CT molecular complexity index is 954. The first-order valence-corrected chi connectivity index (χ1v) is 10.9. The van der Waals surface area contributed by atoms with E-state index in [2.05, 4.69) is 5.32 Å². The van der Waals surface area contributed by atoms with Crippen molar-refractivity contribution in [2.45, 2.75) is 36.0 Å². The summed E-state index contributed by atoms with van der Waals surface area (Å²) in [5.74, 6) is -1.27. The number of amides is 1. The fourth-order valence-corrected chi connectivity index (χ4v) is 4.95. The van der Waals surface area contributed by atoms with E-state index in [1.165, 1.54) is 31.3 Å². The van der Waals surface area contributed by atoms with Crippen LogP contribution < -0.4 is 5.32 Å². The monoisotopic (exact) mass is 422 g/mol. The van der Waals surface area contributed by atoms with Gasteiger partial charge >= 0.3 is 0 Å². The van der Waals surface area contributed by atoms with Crippen molar-refractivity contribution in [2.75, 3.05) is 20.1 Å². The molecule has 0 aliphatic heterocycles. The number of likely N-dealkylation sites (N-methyl/N-ethyl adjacent to an activating group) is 1. The Kier molecular flexibility index (Phi) is 6.33. The third-order valence-electron chi connectivity index (χ3n) is 5.53. The molecule has 156 valence electrons. The lowest BCUT2D eigenvalue weighted by Gasteiger charge is -2.30. The van der Waals surface area contributed by atoms with Crippen LogP contribution in [0.4, 0.5) is 8.78 Å². The summed E-state index contributed by atoms with van der Waals surface area (Å²) < 4.78 is 52.3. The summed E-state index contributed by atoms with van der Waals surface area (Å²) in [6, 6.07) is 10.8. The molecule has 1 N–H and O–H groups in total. The molecule has 1 fully saturated rings. The number of hydrogen-bond donors (Lipinski definition) is 1. The number of nitrogens with zero attached hydrogens (tertiary/aromatic N) is 1. The van der Waals surface area contributed by atoms with Crippen LogP contribution in [-0.4, -0.2) is 38.8 Å². The van der Waals surface area contributed by atoms with Gasteiger partial charge in [0.25, 0.3) is 0 Å². The number of rotatable bonds is 7. The molecule has 1 aliphatic rings. The van der Waals surface area contributed by atoms with Crippen LogP contribution in [0.15, 0.2) is 53.4 Å². The number of carbonyl (C=O) groups is 1. The van der Waals surface area contributed by atoms with Crippen LogP contribution in [0, 0.1) is 11.6 Å². The van der Waals surface area contributed by atoms with Gasteiger partial charge < -0.3 is 5.32 Å². The number of carbonyl (C=O) groups excluding carboxylic acids is 1. The number of halogens is 2. The number of nitrogens with one attached hydrogen (secondary N) is 1. The van der Waals surface area contributed by atoms with E-state index in [1.807, 2.05) is 0 Å². The number of benzene rings is 2. The normalized spacial score (nSPS) is 16.1. The molecular weight excluding hydrogens is 398 g/mol. The molecule has 0 unspecified atom stereocenters. The molecule has 1 aliphatic carbocycles. The Hall–Kier alpha value is -2.32. The summed E-state index contributed by atoms with van der Waals surface area (Å²) in [5, 5.41) is 2.84. The minimum absolute atomic E-state index is 0.0761. The third-order valence-corrected chi connectivity index (χ3v) is 7.35. The van der Waals surface area contributed by atoms with Gasteiger partial charge in [0.2, 0.25) is 15.9 Å². The van der Waals surface area contributed by atoms with Crippen LogP contribution in [0.1, 0.15) is 31.2 Å². The highest BCUT2D eigenvalue weighted by atomic mass is 32.2. The molecule has 1 amide bonds. The maximum atomic E-state index is 13.3. The quantitative estimate of drug-likeness (QED) is 0.745. The van der Waals surface area contributed by atoms with Gasteiger partial charge in [-0.2, -0.15) is 4.31 Å². The van der Waals surface area contributed by atoms with Crippen molar-refractivity contribution >= 4 is 15.9 Å². The van der Waals surface area contributed by atoms with Gasteiger partial charge in [-0.25, -0.2) is 17.2 Å². The van der Waals surface area contributed by atoms with E-state index in [0.29, 0.717) is 6.54 Å². The second kappa shape index (κ2) is 8.59. The average Bonchev–Trinajstić information content (AvgIpc) is 3.17. The standard InChI is InChI=1S/C21H24F2N2O3S/c1-25(29(27,28)19-10-8-18(23)9-11-19)14-20(26)24-15-21(12-2-3-13-21)16-4-6-17(22)7-5-16/h4-11H,2-3,12-15H2,1H3,(H,24,26). The van der Waals surface area contributed by atoms with E-state index in [9.17, 15) is 22.0 Å². The summed E-state index contributed by atoms with van der Waals surface area (Å²) in [6.45, 7) is 0.0150. The third kappa shape index (κ3) is 4.82. The van der Waals surface area contributed by atoms with E-state index < -0.39 is 21.7 Å². The van der Waals surface area contributed by atoms with Crippen molar-refractivity contribution in [1.29, 1.82) is 0 Å². The van der Waals surface area contributed by atoms with Crippen LogP contribution in [0.3, 0.4) is 0 Å². The molecule has 0 aromatic heterocycles. The van der Waals surface area contributed by atoms with Crippen molar-refractivity contribution in [2.24, 2.45) is 0 Å². The van der Waals surface area contributed by atoms with Crippen molar-refractivity contribution < 1.29 is 22.0 Å². The molecule has 1 saturated carbocycles. The fraction of sp³-hybridized carbons (Fsp3) is 0.381. The zero-order valence-electron chi connectivity index (χ0n) is 16.2. The average molecular weight is 422 g/mol. The highest BCUT2D eigenvalue weighted by Gasteiger charge is 2.36. The van der Waals surface area contributed by atoms with Gasteiger partial charge in [-0.05, 0) is 54.8 Å². The van der Waals surface area contributed by atoms with E-state index in [-0.39, 0.29) is 22.7 Å². The van der Waals surface area contributed by atoms with Crippen LogP contribution in [0.5, 0.6) is 0 Å². The maximum absolute atomic E-state index is 13.3. The second-order valence-electron chi connectivity index (χ2n) is 7.49.